The molecule has 0 fully saturated rings. The lowest BCUT2D eigenvalue weighted by atomic mass is 9.99. The van der Waals surface area contributed by atoms with Crippen LogP contribution in [0.2, 0.25) is 0 Å². The van der Waals surface area contributed by atoms with Crippen LogP contribution in [0.4, 0.5) is 0 Å². The van der Waals surface area contributed by atoms with Crippen molar-refractivity contribution in [3.05, 3.63) is 12.2 Å². The van der Waals surface area contributed by atoms with Crippen molar-refractivity contribution in [2.24, 2.45) is 0 Å². The van der Waals surface area contributed by atoms with E-state index in [0.29, 0.717) is 12.8 Å². The highest BCUT2D eigenvalue weighted by atomic mass is 16.3. The van der Waals surface area contributed by atoms with E-state index in [9.17, 15) is 20.1 Å². The molecule has 3 unspecified atom stereocenters. The van der Waals surface area contributed by atoms with Crippen LogP contribution in [-0.2, 0) is 4.79 Å². The Labute approximate surface area is 382 Å². The molecule has 364 valence electrons. The van der Waals surface area contributed by atoms with Crippen LogP contribution in [0, 0.1) is 0 Å². The van der Waals surface area contributed by atoms with Gasteiger partial charge in [0.05, 0.1) is 18.8 Å². The van der Waals surface area contributed by atoms with Crippen LogP contribution < -0.4 is 5.32 Å². The van der Waals surface area contributed by atoms with Gasteiger partial charge in [0.15, 0.2) is 0 Å². The summed E-state index contributed by atoms with van der Waals surface area (Å²) in [6.07, 6.45) is 64.0. The van der Waals surface area contributed by atoms with Gasteiger partial charge in [-0.05, 0) is 38.5 Å². The minimum absolute atomic E-state index is 0.141. The van der Waals surface area contributed by atoms with E-state index in [1.165, 1.54) is 250 Å². The Morgan fingerprint density at radius 3 is 0.951 bits per heavy atom. The Balaban J connectivity index is 3.40. The average molecular weight is 863 g/mol. The smallest absolute Gasteiger partial charge is 0.220 e. The summed E-state index contributed by atoms with van der Waals surface area (Å²) in [6, 6.07) is -0.804. The summed E-state index contributed by atoms with van der Waals surface area (Å²) >= 11 is 0. The zero-order valence-corrected chi connectivity index (χ0v) is 41.6. The number of amides is 1. The SMILES string of the molecule is CCCCCCCCCCCCCCCCCC/C=C\CCCCCCCCCCCCCCCCCCCC(=O)NC(CO)C(O)C(O)CCCCCCCCCCCC. The molecular weight excluding hydrogens is 751 g/mol. The van der Waals surface area contributed by atoms with E-state index in [-0.39, 0.29) is 12.5 Å². The van der Waals surface area contributed by atoms with Gasteiger partial charge in [0.1, 0.15) is 6.10 Å². The van der Waals surface area contributed by atoms with E-state index >= 15 is 0 Å². The zero-order valence-electron chi connectivity index (χ0n) is 41.6. The molecule has 0 rings (SSSR count). The molecule has 0 aliphatic rings. The molecule has 61 heavy (non-hydrogen) atoms. The molecule has 1 amide bonds. The molecule has 5 nitrogen and oxygen atoms in total. The number of rotatable bonds is 52. The van der Waals surface area contributed by atoms with Crippen LogP contribution in [0.1, 0.15) is 316 Å². The Hall–Kier alpha value is -0.910. The van der Waals surface area contributed by atoms with Gasteiger partial charge in [-0.1, -0.05) is 283 Å². The zero-order chi connectivity index (χ0) is 44.4. The molecule has 0 saturated carbocycles. The van der Waals surface area contributed by atoms with Crippen molar-refractivity contribution in [1.82, 2.24) is 5.32 Å². The Bertz CT molecular complexity index is 864. The molecule has 3 atom stereocenters. The highest BCUT2D eigenvalue weighted by Crippen LogP contribution is 2.18. The van der Waals surface area contributed by atoms with Gasteiger partial charge in [-0.25, -0.2) is 0 Å². The van der Waals surface area contributed by atoms with E-state index in [0.717, 1.165) is 38.5 Å². The third kappa shape index (κ3) is 46.9. The predicted octanol–water partition coefficient (Wildman–Crippen LogP) is 17.1. The molecular formula is C56H111NO4. The lowest BCUT2D eigenvalue weighted by Gasteiger charge is -2.26. The van der Waals surface area contributed by atoms with Crippen LogP contribution in [0.25, 0.3) is 0 Å². The Morgan fingerprint density at radius 2 is 0.656 bits per heavy atom. The summed E-state index contributed by atoms with van der Waals surface area (Å²) in [5.74, 6) is -0.141. The third-order valence-corrected chi connectivity index (χ3v) is 13.4. The first-order valence-electron chi connectivity index (χ1n) is 28.0. The second-order valence-electron chi connectivity index (χ2n) is 19.5. The van der Waals surface area contributed by atoms with Gasteiger partial charge in [-0.15, -0.1) is 0 Å². The maximum atomic E-state index is 12.5. The molecule has 0 aliphatic heterocycles. The number of nitrogens with one attached hydrogen (secondary N) is 1. The first-order chi connectivity index (χ1) is 30.1. The fourth-order valence-corrected chi connectivity index (χ4v) is 9.04. The normalized spacial score (nSPS) is 13.3. The quantitative estimate of drug-likeness (QED) is 0.0362. The highest BCUT2D eigenvalue weighted by Gasteiger charge is 2.26. The number of carbonyl (C=O) groups is 1. The number of carbonyl (C=O) groups excluding carboxylic acids is 1. The Morgan fingerprint density at radius 1 is 0.393 bits per heavy atom. The van der Waals surface area contributed by atoms with Gasteiger partial charge in [-0.3, -0.25) is 4.79 Å². The van der Waals surface area contributed by atoms with E-state index in [2.05, 4.69) is 31.3 Å². The topological polar surface area (TPSA) is 89.8 Å². The number of hydrogen-bond acceptors (Lipinski definition) is 4. The summed E-state index contributed by atoms with van der Waals surface area (Å²) in [4.78, 5) is 12.5. The number of unbranched alkanes of at least 4 members (excludes halogenated alkanes) is 42. The van der Waals surface area contributed by atoms with E-state index in [1.807, 2.05) is 0 Å². The van der Waals surface area contributed by atoms with Crippen molar-refractivity contribution >= 4 is 5.91 Å². The average Bonchev–Trinajstić information content (AvgIpc) is 3.26. The van der Waals surface area contributed by atoms with Crippen LogP contribution in [0.3, 0.4) is 0 Å². The van der Waals surface area contributed by atoms with Crippen molar-refractivity contribution in [3.8, 4) is 0 Å². The van der Waals surface area contributed by atoms with Gasteiger partial charge in [0.25, 0.3) is 0 Å². The summed E-state index contributed by atoms with van der Waals surface area (Å²) in [5, 5.41) is 33.5. The molecule has 0 aromatic heterocycles. The molecule has 0 aliphatic carbocycles. The fraction of sp³-hybridized carbons (Fsp3) is 0.946. The minimum Gasteiger partial charge on any atom is -0.394 e. The van der Waals surface area contributed by atoms with Gasteiger partial charge < -0.3 is 20.6 Å². The Kier molecular flexibility index (Phi) is 51.0. The van der Waals surface area contributed by atoms with Crippen LogP contribution in [0.15, 0.2) is 12.2 Å². The monoisotopic (exact) mass is 862 g/mol. The molecule has 0 bridgehead atoms. The molecule has 0 heterocycles. The van der Waals surface area contributed by atoms with Gasteiger partial charge >= 0.3 is 0 Å². The van der Waals surface area contributed by atoms with Gasteiger partial charge in [0, 0.05) is 6.42 Å². The van der Waals surface area contributed by atoms with Crippen LogP contribution in [-0.4, -0.2) is 46.1 Å². The summed E-state index contributed by atoms with van der Waals surface area (Å²) in [5.41, 5.74) is 0. The second-order valence-corrected chi connectivity index (χ2v) is 19.5. The maximum Gasteiger partial charge on any atom is 0.220 e. The molecule has 0 aromatic rings. The van der Waals surface area contributed by atoms with Gasteiger partial charge in [0.2, 0.25) is 5.91 Å². The maximum absolute atomic E-state index is 12.5. The molecule has 4 N–H and O–H groups in total. The third-order valence-electron chi connectivity index (χ3n) is 13.4. The first kappa shape index (κ1) is 60.1. The predicted molar refractivity (Wildman–Crippen MR) is 269 cm³/mol. The van der Waals surface area contributed by atoms with E-state index < -0.39 is 18.2 Å². The van der Waals surface area contributed by atoms with Crippen molar-refractivity contribution in [2.45, 2.75) is 334 Å². The van der Waals surface area contributed by atoms with Crippen molar-refractivity contribution in [2.75, 3.05) is 6.61 Å². The van der Waals surface area contributed by atoms with Crippen LogP contribution in [0.5, 0.6) is 0 Å². The van der Waals surface area contributed by atoms with E-state index in [4.69, 9.17) is 0 Å². The van der Waals surface area contributed by atoms with Crippen molar-refractivity contribution in [1.29, 1.82) is 0 Å². The molecule has 0 aromatic carbocycles. The second kappa shape index (κ2) is 51.7. The summed E-state index contributed by atoms with van der Waals surface area (Å²) in [7, 11) is 0. The lowest BCUT2D eigenvalue weighted by molar-refractivity contribution is -0.124. The van der Waals surface area contributed by atoms with E-state index in [1.54, 1.807) is 0 Å². The lowest BCUT2D eigenvalue weighted by Crippen LogP contribution is -2.50. The number of aliphatic hydroxyl groups excluding tert-OH is 3. The highest BCUT2D eigenvalue weighted by molar-refractivity contribution is 5.76. The molecule has 5 heteroatoms. The summed E-state index contributed by atoms with van der Waals surface area (Å²) in [6.45, 7) is 4.19. The number of hydrogen-bond donors (Lipinski definition) is 4. The number of allylic oxidation sites excluding steroid dienone is 2. The van der Waals surface area contributed by atoms with Crippen molar-refractivity contribution in [3.63, 3.8) is 0 Å². The molecule has 0 spiro atoms. The largest absolute Gasteiger partial charge is 0.394 e. The van der Waals surface area contributed by atoms with Crippen molar-refractivity contribution < 1.29 is 20.1 Å². The first-order valence-corrected chi connectivity index (χ1v) is 28.0. The summed E-state index contributed by atoms with van der Waals surface area (Å²) < 4.78 is 0. The number of aliphatic hydroxyl groups is 3. The van der Waals surface area contributed by atoms with Gasteiger partial charge in [-0.2, -0.15) is 0 Å². The standard InChI is InChI=1S/C56H111NO4/c1-3-5-7-9-11-13-15-16-17-18-19-20-21-22-23-24-25-26-27-28-29-30-31-32-33-34-35-36-37-38-39-40-41-43-45-47-49-51-55(60)57-53(52-58)56(61)54(59)50-48-46-44-42-14-12-10-8-6-4-2/h26-27,53-54,56,58-59,61H,3-25,28-52H2,1-2H3,(H,57,60)/b27-26-. The van der Waals surface area contributed by atoms with Crippen LogP contribution >= 0.6 is 0 Å². The molecule has 0 saturated heterocycles. The fourth-order valence-electron chi connectivity index (χ4n) is 9.04. The minimum atomic E-state index is -1.13. The molecule has 0 radical (unpaired) electrons.